The minimum absolute atomic E-state index is 0.340. The summed E-state index contributed by atoms with van der Waals surface area (Å²) in [6.45, 7) is 0. The quantitative estimate of drug-likeness (QED) is 0.479. The van der Waals surface area contributed by atoms with E-state index in [2.05, 4.69) is 10.2 Å². The minimum Gasteiger partial charge on any atom is -0.478 e. The zero-order chi connectivity index (χ0) is 6.85. The van der Waals surface area contributed by atoms with Gasteiger partial charge in [-0.3, -0.25) is 5.10 Å². The van der Waals surface area contributed by atoms with Crippen LogP contribution < -0.4 is 16.2 Å². The van der Waals surface area contributed by atoms with Crippen LogP contribution in [0.15, 0.2) is 0 Å². The lowest BCUT2D eigenvalue weighted by molar-refractivity contribution is 0.399. The second-order valence-corrected chi connectivity index (χ2v) is 1.56. The lowest BCUT2D eigenvalue weighted by Gasteiger charge is -1.91. The zero-order valence-electron chi connectivity index (χ0n) is 5.01. The van der Waals surface area contributed by atoms with Gasteiger partial charge in [0.2, 0.25) is 0 Å². The summed E-state index contributed by atoms with van der Waals surface area (Å²) in [4.78, 5) is 0. The van der Waals surface area contributed by atoms with Crippen molar-refractivity contribution in [3.05, 3.63) is 0 Å². The highest BCUT2D eigenvalue weighted by atomic mass is 16.5. The Bertz CT molecular complexity index is 206. The largest absolute Gasteiger partial charge is 0.478 e. The number of ether oxygens (including phenoxy) is 1. The molecular weight excluding hydrogens is 120 g/mol. The van der Waals surface area contributed by atoms with Gasteiger partial charge in [0.1, 0.15) is 11.5 Å². The van der Waals surface area contributed by atoms with E-state index in [4.69, 9.17) is 16.2 Å². The minimum atomic E-state index is 0.340. The van der Waals surface area contributed by atoms with Gasteiger partial charge in [0.25, 0.3) is 5.88 Å². The molecule has 0 saturated heterocycles. The molecule has 5 nitrogen and oxygen atoms in total. The van der Waals surface area contributed by atoms with Crippen molar-refractivity contribution in [1.82, 2.24) is 10.2 Å². The molecule has 9 heavy (non-hydrogen) atoms. The highest BCUT2D eigenvalue weighted by Crippen LogP contribution is 2.21. The van der Waals surface area contributed by atoms with Crippen molar-refractivity contribution in [1.29, 1.82) is 0 Å². The van der Waals surface area contributed by atoms with Crippen LogP contribution in [0.5, 0.6) is 5.88 Å². The summed E-state index contributed by atoms with van der Waals surface area (Å²) in [5.74, 6) is 0.680. The Labute approximate surface area is 52.0 Å². The molecule has 0 aliphatic heterocycles. The van der Waals surface area contributed by atoms with Gasteiger partial charge in [-0.25, -0.2) is 0 Å². The van der Waals surface area contributed by atoms with Gasteiger partial charge >= 0.3 is 0 Å². The van der Waals surface area contributed by atoms with Crippen LogP contribution in [-0.2, 0) is 0 Å². The van der Waals surface area contributed by atoms with Crippen molar-refractivity contribution in [3.63, 3.8) is 0 Å². The molecule has 0 aromatic carbocycles. The topological polar surface area (TPSA) is 89.9 Å². The first-order valence-electron chi connectivity index (χ1n) is 2.39. The molecule has 50 valence electrons. The number of rotatable bonds is 1. The highest BCUT2D eigenvalue weighted by molar-refractivity contribution is 5.64. The molecule has 0 atom stereocenters. The zero-order valence-corrected chi connectivity index (χ0v) is 5.01. The summed E-state index contributed by atoms with van der Waals surface area (Å²) in [7, 11) is 1.48. The molecule has 0 spiro atoms. The summed E-state index contributed by atoms with van der Waals surface area (Å²) in [6, 6.07) is 0. The van der Waals surface area contributed by atoms with Crippen LogP contribution in [0.1, 0.15) is 0 Å². The highest BCUT2D eigenvalue weighted by Gasteiger charge is 2.04. The fraction of sp³-hybridized carbons (Fsp3) is 0.250. The lowest BCUT2D eigenvalue weighted by Crippen LogP contribution is -1.92. The Morgan fingerprint density at radius 1 is 1.56 bits per heavy atom. The van der Waals surface area contributed by atoms with Gasteiger partial charge < -0.3 is 16.2 Å². The van der Waals surface area contributed by atoms with Gasteiger partial charge in [-0.2, -0.15) is 0 Å². The van der Waals surface area contributed by atoms with E-state index in [9.17, 15) is 0 Å². The summed E-state index contributed by atoms with van der Waals surface area (Å²) in [5.41, 5.74) is 11.0. The van der Waals surface area contributed by atoms with Crippen LogP contribution >= 0.6 is 0 Å². The van der Waals surface area contributed by atoms with Gasteiger partial charge in [-0.15, -0.1) is 5.10 Å². The molecule has 0 aliphatic rings. The maximum atomic E-state index is 5.37. The SMILES string of the molecule is COc1n[nH]c(N)c1N. The molecule has 1 aromatic heterocycles. The Balaban J connectivity index is 3.04. The number of nitrogens with two attached hydrogens (primary N) is 2. The fourth-order valence-electron chi connectivity index (χ4n) is 0.502. The lowest BCUT2D eigenvalue weighted by atomic mass is 10.5. The number of anilines is 2. The van der Waals surface area contributed by atoms with Crippen molar-refractivity contribution >= 4 is 11.5 Å². The maximum Gasteiger partial charge on any atom is 0.258 e. The summed E-state index contributed by atoms with van der Waals surface area (Å²) in [6.07, 6.45) is 0. The van der Waals surface area contributed by atoms with Crippen molar-refractivity contribution in [2.75, 3.05) is 18.6 Å². The number of methoxy groups -OCH3 is 1. The van der Waals surface area contributed by atoms with Gasteiger partial charge in [-0.1, -0.05) is 0 Å². The molecule has 0 unspecified atom stereocenters. The predicted octanol–water partition coefficient (Wildman–Crippen LogP) is -0.417. The number of hydrogen-bond donors (Lipinski definition) is 3. The monoisotopic (exact) mass is 128 g/mol. The Morgan fingerprint density at radius 3 is 2.44 bits per heavy atom. The number of aromatic nitrogens is 2. The third-order valence-corrected chi connectivity index (χ3v) is 0.992. The van der Waals surface area contributed by atoms with Crippen molar-refractivity contribution in [2.24, 2.45) is 0 Å². The maximum absolute atomic E-state index is 5.37. The number of H-pyrrole nitrogens is 1. The average molecular weight is 128 g/mol. The summed E-state index contributed by atoms with van der Waals surface area (Å²) in [5, 5.41) is 6.10. The van der Waals surface area contributed by atoms with Gasteiger partial charge in [0.15, 0.2) is 0 Å². The standard InChI is InChI=1S/C4H8N4O/c1-9-4-2(5)3(6)7-8-4/h5H2,1H3,(H3,6,7,8). The Hall–Kier alpha value is -1.39. The third-order valence-electron chi connectivity index (χ3n) is 0.992. The van der Waals surface area contributed by atoms with E-state index >= 15 is 0 Å². The first-order chi connectivity index (χ1) is 4.25. The van der Waals surface area contributed by atoms with Crippen LogP contribution in [0.25, 0.3) is 0 Å². The molecule has 0 fully saturated rings. The number of hydrogen-bond acceptors (Lipinski definition) is 4. The molecule has 0 bridgehead atoms. The van der Waals surface area contributed by atoms with Crippen molar-refractivity contribution in [3.8, 4) is 5.88 Å². The molecule has 1 rings (SSSR count). The molecular formula is C4H8N4O. The molecule has 5 N–H and O–H groups in total. The molecule has 1 aromatic rings. The van der Waals surface area contributed by atoms with Gasteiger partial charge in [0, 0.05) is 0 Å². The van der Waals surface area contributed by atoms with Crippen LogP contribution in [0.2, 0.25) is 0 Å². The van der Waals surface area contributed by atoms with Crippen molar-refractivity contribution < 1.29 is 4.74 Å². The normalized spacial score (nSPS) is 9.44. The molecule has 5 heteroatoms. The molecule has 0 amide bonds. The number of nitrogens with zero attached hydrogens (tertiary/aromatic N) is 1. The van der Waals surface area contributed by atoms with E-state index in [0.29, 0.717) is 17.4 Å². The van der Waals surface area contributed by atoms with E-state index < -0.39 is 0 Å². The molecule has 1 heterocycles. The molecule has 0 aliphatic carbocycles. The predicted molar refractivity (Wildman–Crippen MR) is 34.0 cm³/mol. The molecule has 0 saturated carbocycles. The first kappa shape index (κ1) is 5.74. The van der Waals surface area contributed by atoms with Crippen LogP contribution in [0, 0.1) is 0 Å². The van der Waals surface area contributed by atoms with Crippen molar-refractivity contribution in [2.45, 2.75) is 0 Å². The van der Waals surface area contributed by atoms with E-state index in [1.807, 2.05) is 0 Å². The van der Waals surface area contributed by atoms with Gasteiger partial charge in [0.05, 0.1) is 7.11 Å². The Kier molecular flexibility index (Phi) is 1.18. The summed E-state index contributed by atoms with van der Waals surface area (Å²) >= 11 is 0. The van der Waals surface area contributed by atoms with Crippen LogP contribution in [-0.4, -0.2) is 17.3 Å². The van der Waals surface area contributed by atoms with Crippen LogP contribution in [0.4, 0.5) is 11.5 Å². The van der Waals surface area contributed by atoms with Crippen LogP contribution in [0.3, 0.4) is 0 Å². The van der Waals surface area contributed by atoms with Gasteiger partial charge in [-0.05, 0) is 0 Å². The number of nitrogen functional groups attached to an aromatic ring is 2. The second-order valence-electron chi connectivity index (χ2n) is 1.56. The first-order valence-corrected chi connectivity index (χ1v) is 2.39. The summed E-state index contributed by atoms with van der Waals surface area (Å²) < 4.78 is 4.72. The van der Waals surface area contributed by atoms with E-state index in [1.54, 1.807) is 0 Å². The number of aromatic amines is 1. The number of nitrogens with one attached hydrogen (secondary N) is 1. The van der Waals surface area contributed by atoms with E-state index in [-0.39, 0.29) is 0 Å². The third kappa shape index (κ3) is 0.758. The Morgan fingerprint density at radius 2 is 2.22 bits per heavy atom. The average Bonchev–Trinajstić information content (AvgIpc) is 2.15. The smallest absolute Gasteiger partial charge is 0.258 e. The van der Waals surface area contributed by atoms with E-state index in [0.717, 1.165) is 0 Å². The van der Waals surface area contributed by atoms with E-state index in [1.165, 1.54) is 7.11 Å². The second kappa shape index (κ2) is 1.85. The fourth-order valence-corrected chi connectivity index (χ4v) is 0.502. The molecule has 0 radical (unpaired) electrons.